The largest absolute Gasteiger partial charge is 0.391 e. The molecule has 0 spiro atoms. The number of amides is 1. The zero-order chi connectivity index (χ0) is 19.2. The minimum Gasteiger partial charge on any atom is -0.391 e. The molecule has 7 nitrogen and oxygen atoms in total. The van der Waals surface area contributed by atoms with E-state index in [9.17, 15) is 9.90 Å². The predicted molar refractivity (Wildman–Crippen MR) is 107 cm³/mol. The average molecular weight is 385 g/mol. The highest BCUT2D eigenvalue weighted by atomic mass is 32.1. The molecular formula is C19H23N5O2S. The Kier molecular flexibility index (Phi) is 6.31. The van der Waals surface area contributed by atoms with Crippen molar-refractivity contribution >= 4 is 33.3 Å². The first-order valence-corrected chi connectivity index (χ1v) is 9.76. The van der Waals surface area contributed by atoms with Gasteiger partial charge in [0.1, 0.15) is 17.0 Å². The van der Waals surface area contributed by atoms with Gasteiger partial charge in [0.15, 0.2) is 0 Å². The molecule has 1 atom stereocenters. The number of hydrogen-bond donors (Lipinski definition) is 3. The summed E-state index contributed by atoms with van der Waals surface area (Å²) in [5, 5.41) is 16.6. The minimum atomic E-state index is -0.535. The Morgan fingerprint density at radius 3 is 2.89 bits per heavy atom. The van der Waals surface area contributed by atoms with Gasteiger partial charge in [-0.3, -0.25) is 9.78 Å². The van der Waals surface area contributed by atoms with Crippen LogP contribution in [0.15, 0.2) is 30.7 Å². The zero-order valence-electron chi connectivity index (χ0n) is 15.4. The lowest BCUT2D eigenvalue weighted by atomic mass is 10.2. The molecule has 0 bridgehead atoms. The number of thiophene rings is 1. The van der Waals surface area contributed by atoms with E-state index in [1.165, 1.54) is 17.7 Å². The first-order chi connectivity index (χ1) is 13.1. The van der Waals surface area contributed by atoms with Crippen molar-refractivity contribution < 1.29 is 9.90 Å². The van der Waals surface area contributed by atoms with Crippen LogP contribution in [0.1, 0.15) is 34.3 Å². The summed E-state index contributed by atoms with van der Waals surface area (Å²) in [7, 11) is 0. The van der Waals surface area contributed by atoms with Gasteiger partial charge >= 0.3 is 0 Å². The maximum atomic E-state index is 12.5. The molecule has 0 saturated heterocycles. The number of carbonyl (C=O) groups excluding carboxylic acids is 1. The second kappa shape index (κ2) is 8.88. The number of nitrogens with zero attached hydrogens (tertiary/aromatic N) is 3. The van der Waals surface area contributed by atoms with Gasteiger partial charge in [0, 0.05) is 31.4 Å². The number of aliphatic hydroxyl groups excluding tert-OH is 1. The molecule has 0 aliphatic heterocycles. The minimum absolute atomic E-state index is 0.192. The van der Waals surface area contributed by atoms with Crippen molar-refractivity contribution in [3.63, 3.8) is 0 Å². The summed E-state index contributed by atoms with van der Waals surface area (Å²) in [6.07, 6.45) is 4.12. The molecule has 3 aromatic rings. The van der Waals surface area contributed by atoms with Crippen molar-refractivity contribution in [3.05, 3.63) is 46.9 Å². The molecule has 3 heterocycles. The Morgan fingerprint density at radius 1 is 1.30 bits per heavy atom. The van der Waals surface area contributed by atoms with Gasteiger partial charge in [-0.05, 0) is 31.0 Å². The second-order valence-corrected chi connectivity index (χ2v) is 7.23. The molecule has 3 rings (SSSR count). The van der Waals surface area contributed by atoms with E-state index in [-0.39, 0.29) is 12.5 Å². The lowest BCUT2D eigenvalue weighted by Crippen LogP contribution is -2.31. The molecular weight excluding hydrogens is 362 g/mol. The third kappa shape index (κ3) is 4.58. The normalized spacial score (nSPS) is 12.1. The SMILES string of the molecule is CC[C@@H](O)CNC(=O)c1sc2ncnc(NCCc3ccccn3)c2c1C. The summed E-state index contributed by atoms with van der Waals surface area (Å²) in [5.41, 5.74) is 1.85. The fourth-order valence-corrected chi connectivity index (χ4v) is 3.78. The van der Waals surface area contributed by atoms with Crippen LogP contribution in [0.3, 0.4) is 0 Å². The lowest BCUT2D eigenvalue weighted by molar-refractivity contribution is 0.0917. The van der Waals surface area contributed by atoms with Crippen LogP contribution in [-0.4, -0.2) is 45.2 Å². The van der Waals surface area contributed by atoms with E-state index in [1.54, 1.807) is 6.20 Å². The molecule has 27 heavy (non-hydrogen) atoms. The molecule has 142 valence electrons. The number of anilines is 1. The molecule has 8 heteroatoms. The van der Waals surface area contributed by atoms with Gasteiger partial charge in [-0.1, -0.05) is 13.0 Å². The monoisotopic (exact) mass is 385 g/mol. The summed E-state index contributed by atoms with van der Waals surface area (Å²) in [6, 6.07) is 5.85. The predicted octanol–water partition coefficient (Wildman–Crippen LogP) is 2.55. The van der Waals surface area contributed by atoms with Gasteiger partial charge in [-0.15, -0.1) is 11.3 Å². The highest BCUT2D eigenvalue weighted by molar-refractivity contribution is 7.20. The number of aryl methyl sites for hydroxylation is 1. The number of carbonyl (C=O) groups is 1. The lowest BCUT2D eigenvalue weighted by Gasteiger charge is -2.09. The van der Waals surface area contributed by atoms with Crippen LogP contribution in [0.5, 0.6) is 0 Å². The standard InChI is InChI=1S/C19H23N5O2S/c1-3-14(25)10-22-18(26)16-12(2)15-17(23-11-24-19(15)27-16)21-9-7-13-6-4-5-8-20-13/h4-6,8,11,14,25H,3,7,9-10H2,1-2H3,(H,22,26)(H,21,23,24)/t14-/m1/s1. The Morgan fingerprint density at radius 2 is 2.15 bits per heavy atom. The van der Waals surface area contributed by atoms with Crippen molar-refractivity contribution in [2.75, 3.05) is 18.4 Å². The van der Waals surface area contributed by atoms with E-state index < -0.39 is 6.10 Å². The molecule has 0 saturated carbocycles. The Balaban J connectivity index is 1.75. The molecule has 0 aliphatic rings. The van der Waals surface area contributed by atoms with Gasteiger partial charge < -0.3 is 15.7 Å². The molecule has 1 amide bonds. The van der Waals surface area contributed by atoms with E-state index in [0.717, 1.165) is 33.7 Å². The summed E-state index contributed by atoms with van der Waals surface area (Å²) in [6.45, 7) is 4.70. The van der Waals surface area contributed by atoms with Crippen LogP contribution in [0.25, 0.3) is 10.2 Å². The molecule has 0 aliphatic carbocycles. The van der Waals surface area contributed by atoms with Crippen molar-refractivity contribution in [1.82, 2.24) is 20.3 Å². The topological polar surface area (TPSA) is 100 Å². The summed E-state index contributed by atoms with van der Waals surface area (Å²) < 4.78 is 0. The first-order valence-electron chi connectivity index (χ1n) is 8.94. The molecule has 0 unspecified atom stereocenters. The van der Waals surface area contributed by atoms with E-state index in [2.05, 4.69) is 25.6 Å². The average Bonchev–Trinajstić information content (AvgIpc) is 3.04. The summed E-state index contributed by atoms with van der Waals surface area (Å²) >= 11 is 1.34. The van der Waals surface area contributed by atoms with E-state index in [0.29, 0.717) is 17.8 Å². The fourth-order valence-electron chi connectivity index (χ4n) is 2.71. The highest BCUT2D eigenvalue weighted by Crippen LogP contribution is 2.33. The number of hydrogen-bond acceptors (Lipinski definition) is 7. The fraction of sp³-hybridized carbons (Fsp3) is 0.368. The van der Waals surface area contributed by atoms with Crippen molar-refractivity contribution in [2.45, 2.75) is 32.8 Å². The van der Waals surface area contributed by atoms with Crippen LogP contribution in [0.2, 0.25) is 0 Å². The highest BCUT2D eigenvalue weighted by Gasteiger charge is 2.19. The number of fused-ring (bicyclic) bond motifs is 1. The van der Waals surface area contributed by atoms with Gasteiger partial charge in [-0.2, -0.15) is 0 Å². The van der Waals surface area contributed by atoms with Gasteiger partial charge in [0.2, 0.25) is 0 Å². The van der Waals surface area contributed by atoms with Gasteiger partial charge in [-0.25, -0.2) is 9.97 Å². The number of aromatic nitrogens is 3. The number of nitrogens with one attached hydrogen (secondary N) is 2. The molecule has 0 aromatic carbocycles. The van der Waals surface area contributed by atoms with Crippen LogP contribution >= 0.6 is 11.3 Å². The smallest absolute Gasteiger partial charge is 0.261 e. The van der Waals surface area contributed by atoms with E-state index in [1.807, 2.05) is 32.0 Å². The van der Waals surface area contributed by atoms with Gasteiger partial charge in [0.05, 0.1) is 16.4 Å². The quantitative estimate of drug-likeness (QED) is 0.551. The number of aliphatic hydroxyl groups is 1. The Labute approximate surface area is 161 Å². The Hall–Kier alpha value is -2.58. The van der Waals surface area contributed by atoms with Gasteiger partial charge in [0.25, 0.3) is 5.91 Å². The summed E-state index contributed by atoms with van der Waals surface area (Å²) in [4.78, 5) is 26.8. The maximum absolute atomic E-state index is 12.5. The van der Waals surface area contributed by atoms with Crippen LogP contribution in [0.4, 0.5) is 5.82 Å². The molecule has 0 fully saturated rings. The van der Waals surface area contributed by atoms with Crippen LogP contribution < -0.4 is 10.6 Å². The number of pyridine rings is 1. The first kappa shape index (κ1) is 19.2. The van der Waals surface area contributed by atoms with Crippen molar-refractivity contribution in [1.29, 1.82) is 0 Å². The molecule has 3 aromatic heterocycles. The number of rotatable bonds is 8. The van der Waals surface area contributed by atoms with Crippen molar-refractivity contribution in [2.24, 2.45) is 0 Å². The van der Waals surface area contributed by atoms with Crippen LogP contribution in [0, 0.1) is 6.92 Å². The van der Waals surface area contributed by atoms with Crippen molar-refractivity contribution in [3.8, 4) is 0 Å². The maximum Gasteiger partial charge on any atom is 0.261 e. The third-order valence-corrected chi connectivity index (χ3v) is 5.50. The molecule has 0 radical (unpaired) electrons. The Bertz CT molecular complexity index is 913. The van der Waals surface area contributed by atoms with Crippen LogP contribution in [-0.2, 0) is 6.42 Å². The second-order valence-electron chi connectivity index (χ2n) is 6.23. The molecule has 3 N–H and O–H groups in total. The van der Waals surface area contributed by atoms with E-state index in [4.69, 9.17) is 0 Å². The van der Waals surface area contributed by atoms with E-state index >= 15 is 0 Å². The summed E-state index contributed by atoms with van der Waals surface area (Å²) in [5.74, 6) is 0.528. The third-order valence-electron chi connectivity index (χ3n) is 4.30. The zero-order valence-corrected chi connectivity index (χ0v) is 16.2.